The van der Waals surface area contributed by atoms with Crippen molar-refractivity contribution in [3.63, 3.8) is 0 Å². The Morgan fingerprint density at radius 2 is 1.96 bits per heavy atom. The number of pyridine rings is 1. The highest BCUT2D eigenvalue weighted by molar-refractivity contribution is 6.06. The number of methoxy groups -OCH3 is 2. The van der Waals surface area contributed by atoms with Gasteiger partial charge in [0.2, 0.25) is 0 Å². The van der Waals surface area contributed by atoms with Crippen molar-refractivity contribution in [2.45, 2.75) is 20.4 Å². The summed E-state index contributed by atoms with van der Waals surface area (Å²) in [4.78, 5) is 17.3. The lowest BCUT2D eigenvalue weighted by Crippen LogP contribution is -2.23. The maximum Gasteiger partial charge on any atom is 0.252 e. The fourth-order valence-electron chi connectivity index (χ4n) is 3.02. The Hall–Kier alpha value is -3.09. The minimum atomic E-state index is -0.172. The van der Waals surface area contributed by atoms with Gasteiger partial charge in [0.1, 0.15) is 11.5 Å². The summed E-state index contributed by atoms with van der Waals surface area (Å²) < 4.78 is 12.3. The second-order valence-electron chi connectivity index (χ2n) is 6.08. The smallest absolute Gasteiger partial charge is 0.252 e. The van der Waals surface area contributed by atoms with Crippen molar-refractivity contribution in [2.24, 2.45) is 7.05 Å². The molecule has 0 radical (unpaired) electrons. The Labute approximate surface area is 151 Å². The van der Waals surface area contributed by atoms with E-state index in [-0.39, 0.29) is 5.91 Å². The van der Waals surface area contributed by atoms with Crippen LogP contribution in [0.25, 0.3) is 11.0 Å². The molecule has 1 amide bonds. The molecule has 0 unspecified atom stereocenters. The molecule has 0 aliphatic rings. The zero-order valence-electron chi connectivity index (χ0n) is 15.6. The zero-order valence-corrected chi connectivity index (χ0v) is 15.6. The van der Waals surface area contributed by atoms with Crippen molar-refractivity contribution < 1.29 is 14.3 Å². The molecule has 0 fully saturated rings. The summed E-state index contributed by atoms with van der Waals surface area (Å²) in [6.45, 7) is 4.09. The van der Waals surface area contributed by atoms with Crippen molar-refractivity contribution in [1.29, 1.82) is 0 Å². The molecule has 7 heteroatoms. The number of carbonyl (C=O) groups is 1. The summed E-state index contributed by atoms with van der Waals surface area (Å²) in [7, 11) is 5.02. The molecule has 136 valence electrons. The molecule has 0 aliphatic carbocycles. The molecule has 26 heavy (non-hydrogen) atoms. The summed E-state index contributed by atoms with van der Waals surface area (Å²) in [5.41, 5.74) is 3.70. The normalized spacial score (nSPS) is 10.8. The molecule has 0 saturated heterocycles. The van der Waals surface area contributed by atoms with E-state index in [9.17, 15) is 4.79 Å². The highest BCUT2D eigenvalue weighted by Gasteiger charge is 2.18. The number of aromatic nitrogens is 3. The van der Waals surface area contributed by atoms with E-state index >= 15 is 0 Å². The third-order valence-electron chi connectivity index (χ3n) is 4.28. The second kappa shape index (κ2) is 7.03. The van der Waals surface area contributed by atoms with E-state index < -0.39 is 0 Å². The van der Waals surface area contributed by atoms with Crippen molar-refractivity contribution in [3.8, 4) is 11.5 Å². The Bertz CT molecular complexity index is 979. The number of nitrogens with one attached hydrogen (secondary N) is 1. The van der Waals surface area contributed by atoms with Crippen LogP contribution in [0.1, 0.15) is 27.3 Å². The number of rotatable bonds is 5. The lowest BCUT2D eigenvalue weighted by molar-refractivity contribution is 0.0952. The Morgan fingerprint density at radius 3 is 2.65 bits per heavy atom. The number of fused-ring (bicyclic) bond motifs is 1. The Balaban J connectivity index is 1.89. The van der Waals surface area contributed by atoms with Gasteiger partial charge in [0.05, 0.1) is 30.9 Å². The number of carbonyl (C=O) groups excluding carboxylic acids is 1. The first kappa shape index (κ1) is 17.7. The van der Waals surface area contributed by atoms with Gasteiger partial charge < -0.3 is 14.8 Å². The minimum Gasteiger partial charge on any atom is -0.497 e. The van der Waals surface area contributed by atoms with Gasteiger partial charge in [-0.1, -0.05) is 0 Å². The van der Waals surface area contributed by atoms with E-state index in [1.807, 2.05) is 33.0 Å². The molecule has 2 aromatic heterocycles. The van der Waals surface area contributed by atoms with Crippen LogP contribution in [0.3, 0.4) is 0 Å². The van der Waals surface area contributed by atoms with Gasteiger partial charge in [-0.3, -0.25) is 9.48 Å². The second-order valence-corrected chi connectivity index (χ2v) is 6.08. The number of hydrogen-bond acceptors (Lipinski definition) is 5. The van der Waals surface area contributed by atoms with Crippen molar-refractivity contribution in [3.05, 3.63) is 46.8 Å². The standard InChI is InChI=1S/C19H22N4O3/c1-11-8-15(17-12(2)22-23(3)18(17)21-11)19(24)20-10-13-6-7-14(25-4)9-16(13)26-5/h6-9H,10H2,1-5H3,(H,20,24). The zero-order chi connectivity index (χ0) is 18.8. The summed E-state index contributed by atoms with van der Waals surface area (Å²) in [6, 6.07) is 7.30. The van der Waals surface area contributed by atoms with Crippen LogP contribution in [0.2, 0.25) is 0 Å². The summed E-state index contributed by atoms with van der Waals surface area (Å²) in [5.74, 6) is 1.20. The fraction of sp³-hybridized carbons (Fsp3) is 0.316. The molecule has 0 bridgehead atoms. The number of nitrogens with zero attached hydrogens (tertiary/aromatic N) is 3. The van der Waals surface area contributed by atoms with Crippen LogP contribution in [-0.2, 0) is 13.6 Å². The van der Waals surface area contributed by atoms with Crippen LogP contribution in [0.15, 0.2) is 24.3 Å². The number of amides is 1. The summed E-state index contributed by atoms with van der Waals surface area (Å²) >= 11 is 0. The predicted molar refractivity (Wildman–Crippen MR) is 98.7 cm³/mol. The molecule has 0 saturated carbocycles. The maximum atomic E-state index is 12.8. The highest BCUT2D eigenvalue weighted by atomic mass is 16.5. The Morgan fingerprint density at radius 1 is 1.19 bits per heavy atom. The van der Waals surface area contributed by atoms with E-state index in [0.29, 0.717) is 29.3 Å². The van der Waals surface area contributed by atoms with Gasteiger partial charge in [0.25, 0.3) is 5.91 Å². The summed E-state index contributed by atoms with van der Waals surface area (Å²) in [6.07, 6.45) is 0. The molecule has 0 spiro atoms. The van der Waals surface area contributed by atoms with Gasteiger partial charge >= 0.3 is 0 Å². The van der Waals surface area contributed by atoms with E-state index in [1.54, 1.807) is 31.0 Å². The first-order valence-corrected chi connectivity index (χ1v) is 8.24. The van der Waals surface area contributed by atoms with Gasteiger partial charge in [0.15, 0.2) is 5.65 Å². The SMILES string of the molecule is COc1ccc(CNC(=O)c2cc(C)nc3c2c(C)nn3C)c(OC)c1. The van der Waals surface area contributed by atoms with Gasteiger partial charge in [-0.15, -0.1) is 0 Å². The van der Waals surface area contributed by atoms with Gasteiger partial charge in [-0.25, -0.2) is 4.98 Å². The fourth-order valence-corrected chi connectivity index (χ4v) is 3.02. The first-order valence-electron chi connectivity index (χ1n) is 8.24. The molecule has 7 nitrogen and oxygen atoms in total. The van der Waals surface area contributed by atoms with Gasteiger partial charge in [-0.2, -0.15) is 5.10 Å². The minimum absolute atomic E-state index is 0.172. The molecule has 0 aliphatic heterocycles. The summed E-state index contributed by atoms with van der Waals surface area (Å²) in [5, 5.41) is 8.11. The third-order valence-corrected chi connectivity index (χ3v) is 4.28. The van der Waals surface area contributed by atoms with Gasteiger partial charge in [0, 0.05) is 30.9 Å². The molecule has 1 N–H and O–H groups in total. The number of benzene rings is 1. The number of ether oxygens (including phenoxy) is 2. The monoisotopic (exact) mass is 354 g/mol. The van der Waals surface area contributed by atoms with Crippen LogP contribution in [0, 0.1) is 13.8 Å². The third kappa shape index (κ3) is 3.20. The lowest BCUT2D eigenvalue weighted by Gasteiger charge is -2.12. The molecule has 2 heterocycles. The topological polar surface area (TPSA) is 78.3 Å². The largest absolute Gasteiger partial charge is 0.497 e. The molecule has 3 aromatic rings. The molecule has 3 rings (SSSR count). The van der Waals surface area contributed by atoms with Crippen molar-refractivity contribution in [1.82, 2.24) is 20.1 Å². The first-order chi connectivity index (χ1) is 12.4. The van der Waals surface area contributed by atoms with Crippen LogP contribution < -0.4 is 14.8 Å². The average Bonchev–Trinajstić information content (AvgIpc) is 2.92. The molecular formula is C19H22N4O3. The van der Waals surface area contributed by atoms with Crippen LogP contribution in [0.4, 0.5) is 0 Å². The molecular weight excluding hydrogens is 332 g/mol. The van der Waals surface area contributed by atoms with E-state index in [2.05, 4.69) is 15.4 Å². The number of hydrogen-bond donors (Lipinski definition) is 1. The quantitative estimate of drug-likeness (QED) is 0.762. The predicted octanol–water partition coefficient (Wildman–Crippen LogP) is 2.53. The number of aryl methyl sites for hydroxylation is 3. The van der Waals surface area contributed by atoms with E-state index in [4.69, 9.17) is 9.47 Å². The van der Waals surface area contributed by atoms with Crippen LogP contribution in [0.5, 0.6) is 11.5 Å². The molecule has 0 atom stereocenters. The van der Waals surface area contributed by atoms with Crippen LogP contribution in [-0.4, -0.2) is 34.9 Å². The average molecular weight is 354 g/mol. The van der Waals surface area contributed by atoms with Crippen molar-refractivity contribution in [2.75, 3.05) is 14.2 Å². The molecule has 1 aromatic carbocycles. The highest BCUT2D eigenvalue weighted by Crippen LogP contribution is 2.25. The Kier molecular flexibility index (Phi) is 4.79. The maximum absolute atomic E-state index is 12.8. The van der Waals surface area contributed by atoms with Crippen molar-refractivity contribution >= 4 is 16.9 Å². The van der Waals surface area contributed by atoms with E-state index in [0.717, 1.165) is 22.3 Å². The van der Waals surface area contributed by atoms with Crippen LogP contribution >= 0.6 is 0 Å². The lowest BCUT2D eigenvalue weighted by atomic mass is 10.1. The van der Waals surface area contributed by atoms with Gasteiger partial charge in [-0.05, 0) is 32.0 Å². The van der Waals surface area contributed by atoms with E-state index in [1.165, 1.54) is 0 Å².